The van der Waals surface area contributed by atoms with Crippen molar-refractivity contribution in [1.29, 1.82) is 0 Å². The molecule has 12 heteroatoms. The molecule has 2 N–H and O–H groups in total. The zero-order chi connectivity index (χ0) is 23.9. The van der Waals surface area contributed by atoms with Crippen LogP contribution in [0.15, 0.2) is 24.9 Å². The van der Waals surface area contributed by atoms with Crippen molar-refractivity contribution in [2.45, 2.75) is 50.7 Å². The maximum atomic E-state index is 15.0. The number of rotatable bonds is 4. The molecule has 0 saturated carbocycles. The number of aromatic nitrogens is 3. The average molecular weight is 471 g/mol. The first kappa shape index (κ1) is 23.1. The minimum Gasteiger partial charge on any atom is -0.396 e. The molecule has 0 spiro atoms. The van der Waals surface area contributed by atoms with Crippen molar-refractivity contribution in [2.24, 2.45) is 5.92 Å². The zero-order valence-electron chi connectivity index (χ0n) is 17.4. The first-order valence-corrected chi connectivity index (χ1v) is 10.4. The van der Waals surface area contributed by atoms with Gasteiger partial charge in [-0.2, -0.15) is 13.9 Å². The van der Waals surface area contributed by atoms with Crippen LogP contribution in [0.1, 0.15) is 41.9 Å². The quantitative estimate of drug-likeness (QED) is 0.522. The summed E-state index contributed by atoms with van der Waals surface area (Å²) in [6.07, 6.45) is -1.04. The summed E-state index contributed by atoms with van der Waals surface area (Å²) in [4.78, 5) is 17.4. The van der Waals surface area contributed by atoms with Gasteiger partial charge in [0, 0.05) is 43.7 Å². The maximum Gasteiger partial charge on any atom is 0.322 e. The Hall–Kier alpha value is -3.02. The largest absolute Gasteiger partial charge is 0.396 e. The van der Waals surface area contributed by atoms with Crippen LogP contribution < -0.4 is 5.32 Å². The summed E-state index contributed by atoms with van der Waals surface area (Å²) < 4.78 is 71.4. The SMILES string of the molecule is C=C[C@@H]1Cc2nn3c(c2CN1C(=O)Nc1ccnc(C(F)F)c1F)C(F)(F)CC[C@H](CO)C3. The van der Waals surface area contributed by atoms with E-state index in [1.165, 1.54) is 15.7 Å². The van der Waals surface area contributed by atoms with Crippen LogP contribution in [0, 0.1) is 11.7 Å². The Morgan fingerprint density at radius 2 is 2.18 bits per heavy atom. The summed E-state index contributed by atoms with van der Waals surface area (Å²) in [6, 6.07) is -0.466. The topological polar surface area (TPSA) is 83.3 Å². The van der Waals surface area contributed by atoms with Crippen LogP contribution in [-0.4, -0.2) is 43.5 Å². The first-order chi connectivity index (χ1) is 15.7. The fraction of sp³-hybridized carbons (Fsp3) is 0.476. The van der Waals surface area contributed by atoms with Crippen molar-refractivity contribution in [3.05, 3.63) is 53.4 Å². The second-order valence-corrected chi connectivity index (χ2v) is 8.17. The van der Waals surface area contributed by atoms with Crippen LogP contribution in [0.25, 0.3) is 0 Å². The van der Waals surface area contributed by atoms with Crippen LogP contribution >= 0.6 is 0 Å². The molecule has 0 unspecified atom stereocenters. The Morgan fingerprint density at radius 3 is 2.85 bits per heavy atom. The third kappa shape index (κ3) is 4.19. The zero-order valence-corrected chi connectivity index (χ0v) is 17.4. The predicted octanol–water partition coefficient (Wildman–Crippen LogP) is 3.99. The Bertz CT molecular complexity index is 1070. The first-order valence-electron chi connectivity index (χ1n) is 10.4. The second kappa shape index (κ2) is 8.73. The van der Waals surface area contributed by atoms with E-state index in [9.17, 15) is 23.1 Å². The van der Waals surface area contributed by atoms with Gasteiger partial charge in [-0.15, -0.1) is 6.58 Å². The van der Waals surface area contributed by atoms with Crippen LogP contribution in [0.3, 0.4) is 0 Å². The number of aliphatic hydroxyl groups is 1. The lowest BCUT2D eigenvalue weighted by Gasteiger charge is -2.34. The number of pyridine rings is 1. The van der Waals surface area contributed by atoms with E-state index in [0.717, 1.165) is 12.3 Å². The van der Waals surface area contributed by atoms with E-state index < -0.39 is 48.0 Å². The smallest absolute Gasteiger partial charge is 0.322 e. The lowest BCUT2D eigenvalue weighted by Crippen LogP contribution is -2.45. The number of nitrogens with zero attached hydrogens (tertiary/aromatic N) is 4. The van der Waals surface area contributed by atoms with Crippen LogP contribution in [0.2, 0.25) is 0 Å². The molecule has 2 aromatic heterocycles. The lowest BCUT2D eigenvalue weighted by molar-refractivity contribution is -0.0227. The van der Waals surface area contributed by atoms with Gasteiger partial charge >= 0.3 is 6.03 Å². The Labute approximate surface area is 185 Å². The van der Waals surface area contributed by atoms with E-state index in [2.05, 4.69) is 22.0 Å². The Kier molecular flexibility index (Phi) is 6.12. The van der Waals surface area contributed by atoms with Crippen molar-refractivity contribution in [3.8, 4) is 0 Å². The van der Waals surface area contributed by atoms with Crippen molar-refractivity contribution in [3.63, 3.8) is 0 Å². The number of halogens is 5. The van der Waals surface area contributed by atoms with E-state index in [0.29, 0.717) is 5.69 Å². The molecule has 2 atom stereocenters. The van der Waals surface area contributed by atoms with E-state index in [4.69, 9.17) is 0 Å². The number of amides is 2. The molecule has 4 heterocycles. The average Bonchev–Trinajstić information content (AvgIpc) is 3.08. The highest BCUT2D eigenvalue weighted by molar-refractivity contribution is 5.90. The summed E-state index contributed by atoms with van der Waals surface area (Å²) >= 11 is 0. The lowest BCUT2D eigenvalue weighted by atomic mass is 9.95. The van der Waals surface area contributed by atoms with Crippen molar-refractivity contribution in [1.82, 2.24) is 19.7 Å². The number of carbonyl (C=O) groups excluding carboxylic acids is 1. The Balaban J connectivity index is 1.66. The minimum absolute atomic E-state index is 0.104. The molecule has 0 aromatic carbocycles. The number of urea groups is 1. The van der Waals surface area contributed by atoms with Crippen LogP contribution in [0.5, 0.6) is 0 Å². The monoisotopic (exact) mass is 471 g/mol. The number of nitrogens with one attached hydrogen (secondary N) is 1. The number of alkyl halides is 4. The standard InChI is InChI=1S/C21H22F5N5O2/c1-2-12-7-15-13(18-21(25,26)5-3-11(10-32)8-31(18)29-15)9-30(12)20(33)28-14-4-6-27-17(16(14)22)19(23)24/h2,4,6,11-12,19,32H,1,3,5,7-10H2,(H,27,28,33)/t11-,12+/m0/s1. The second-order valence-electron chi connectivity index (χ2n) is 8.17. The molecule has 2 aliphatic heterocycles. The van der Waals surface area contributed by atoms with E-state index >= 15 is 8.78 Å². The third-order valence-electron chi connectivity index (χ3n) is 6.06. The highest BCUT2D eigenvalue weighted by Gasteiger charge is 2.45. The summed E-state index contributed by atoms with van der Waals surface area (Å²) in [5.74, 6) is -4.95. The fourth-order valence-corrected chi connectivity index (χ4v) is 4.33. The van der Waals surface area contributed by atoms with Gasteiger partial charge in [0.2, 0.25) is 0 Å². The Morgan fingerprint density at radius 1 is 1.42 bits per heavy atom. The van der Waals surface area contributed by atoms with Gasteiger partial charge in [-0.25, -0.2) is 18.0 Å². The highest BCUT2D eigenvalue weighted by atomic mass is 19.3. The molecule has 0 bridgehead atoms. The molecule has 0 fully saturated rings. The number of carbonyl (C=O) groups is 1. The number of aliphatic hydroxyl groups excluding tert-OH is 1. The summed E-state index contributed by atoms with van der Waals surface area (Å²) in [6.45, 7) is 3.31. The molecule has 178 valence electrons. The minimum atomic E-state index is -3.21. The number of hydrogen-bond acceptors (Lipinski definition) is 4. The molecule has 2 aromatic rings. The number of hydrogen-bond donors (Lipinski definition) is 2. The summed E-state index contributed by atoms with van der Waals surface area (Å²) in [7, 11) is 0. The van der Waals surface area contributed by atoms with E-state index in [1.807, 2.05) is 0 Å². The molecule has 0 radical (unpaired) electrons. The van der Waals surface area contributed by atoms with Gasteiger partial charge in [0.05, 0.1) is 24.0 Å². The number of fused-ring (bicyclic) bond motifs is 3. The molecule has 33 heavy (non-hydrogen) atoms. The third-order valence-corrected chi connectivity index (χ3v) is 6.06. The molecule has 2 aliphatic rings. The predicted molar refractivity (Wildman–Crippen MR) is 107 cm³/mol. The molecule has 4 rings (SSSR count). The summed E-state index contributed by atoms with van der Waals surface area (Å²) in [5.41, 5.74) is -1.32. The van der Waals surface area contributed by atoms with Gasteiger partial charge in [-0.1, -0.05) is 6.08 Å². The summed E-state index contributed by atoms with van der Waals surface area (Å²) in [5, 5.41) is 16.1. The van der Waals surface area contributed by atoms with Crippen molar-refractivity contribution < 1.29 is 31.9 Å². The van der Waals surface area contributed by atoms with Crippen molar-refractivity contribution >= 4 is 11.7 Å². The van der Waals surface area contributed by atoms with Gasteiger partial charge in [-0.3, -0.25) is 9.67 Å². The van der Waals surface area contributed by atoms with E-state index in [1.54, 1.807) is 0 Å². The van der Waals surface area contributed by atoms with E-state index in [-0.39, 0.29) is 49.7 Å². The van der Waals surface area contributed by atoms with Crippen LogP contribution in [0.4, 0.5) is 32.4 Å². The van der Waals surface area contributed by atoms with Gasteiger partial charge in [0.1, 0.15) is 11.4 Å². The normalized spacial score (nSPS) is 21.8. The van der Waals surface area contributed by atoms with Crippen molar-refractivity contribution in [2.75, 3.05) is 11.9 Å². The molecule has 2 amide bonds. The number of anilines is 1. The maximum absolute atomic E-state index is 15.0. The molecule has 0 saturated heterocycles. The highest BCUT2D eigenvalue weighted by Crippen LogP contribution is 2.42. The van der Waals surface area contributed by atoms with Gasteiger partial charge in [0.25, 0.3) is 12.3 Å². The molecular formula is C21H22F5N5O2. The van der Waals surface area contributed by atoms with Gasteiger partial charge < -0.3 is 15.3 Å². The van der Waals surface area contributed by atoms with Gasteiger partial charge in [0.15, 0.2) is 5.82 Å². The fourth-order valence-electron chi connectivity index (χ4n) is 4.33. The van der Waals surface area contributed by atoms with Gasteiger partial charge in [-0.05, 0) is 12.5 Å². The molecule has 0 aliphatic carbocycles. The molecule has 7 nitrogen and oxygen atoms in total. The molecular weight excluding hydrogens is 449 g/mol. The van der Waals surface area contributed by atoms with Crippen LogP contribution in [-0.2, 0) is 25.4 Å².